The van der Waals surface area contributed by atoms with Gasteiger partial charge >= 0.3 is 19.8 Å². The van der Waals surface area contributed by atoms with E-state index in [9.17, 15) is 24.2 Å². The topological polar surface area (TPSA) is 187 Å². The van der Waals surface area contributed by atoms with Crippen molar-refractivity contribution in [3.8, 4) is 0 Å². The molecule has 3 N–H and O–H groups in total. The highest BCUT2D eigenvalue weighted by atomic mass is 31.2. The average molecular weight is 1070 g/mol. The molecule has 6 aliphatic rings. The number of rotatable bonds is 34. The smallest absolute Gasteiger partial charge is 0.472 e. The Morgan fingerprint density at radius 3 is 2.01 bits per heavy atom. The van der Waals surface area contributed by atoms with Crippen molar-refractivity contribution >= 4 is 36.9 Å². The number of esters is 2. The van der Waals surface area contributed by atoms with Crippen LogP contribution in [-0.2, 0) is 37.4 Å². The minimum Gasteiger partial charge on any atom is -0.511 e. The number of nitrogens with one attached hydrogen (secondary N) is 1. The summed E-state index contributed by atoms with van der Waals surface area (Å²) in [6.07, 6.45) is 26.9. The van der Waals surface area contributed by atoms with Crippen molar-refractivity contribution in [2.24, 2.45) is 26.8 Å². The molecule has 15 heteroatoms. The van der Waals surface area contributed by atoms with Crippen LogP contribution < -0.4 is 5.32 Å². The standard InChI is InChI=1S/C61H91N4O10P/c1-10-14-16-18-19-20-21-22-23-24-25-26-27-29-56(67)72-38-45(39-74-76(69,70)73-32-12-3)75-57(68)31-30-47-41(6)50-35-51-42(7)58(44(9)71-33-28-17-15-11-2)54(63-51)37-49-40(5)46(13-4)53(62-49)36-52-43(8)59-55(66)34-48(60(47)64-50)61(59)65-52/h35-37,41,44-45,47,64,66H,10-34,38-39H2,1-9H3,(H,69,70). The van der Waals surface area contributed by atoms with Crippen molar-refractivity contribution in [3.63, 3.8) is 0 Å². The second-order valence-electron chi connectivity index (χ2n) is 21.5. The van der Waals surface area contributed by atoms with E-state index in [-0.39, 0.29) is 56.2 Å². The molecule has 1 saturated heterocycles. The summed E-state index contributed by atoms with van der Waals surface area (Å²) in [5, 5.41) is 15.4. The van der Waals surface area contributed by atoms with Gasteiger partial charge in [0.25, 0.3) is 0 Å². The van der Waals surface area contributed by atoms with Crippen molar-refractivity contribution in [3.05, 3.63) is 91.5 Å². The van der Waals surface area contributed by atoms with Crippen LogP contribution in [0.1, 0.15) is 210 Å². The highest BCUT2D eigenvalue weighted by Crippen LogP contribution is 2.47. The number of phosphoric acid groups is 1. The van der Waals surface area contributed by atoms with Gasteiger partial charge < -0.3 is 29.5 Å². The zero-order valence-corrected chi connectivity index (χ0v) is 48.5. The summed E-state index contributed by atoms with van der Waals surface area (Å²) < 4.78 is 41.1. The van der Waals surface area contributed by atoms with Gasteiger partial charge in [-0.15, -0.1) is 0 Å². The molecule has 5 aliphatic heterocycles. The SMILES string of the molecule is CCCCCCCCCCCCCCCC(=O)OCC(COP(=O)(O)OCCC)OC(=O)CCC1C2=C3CC(O)=C4C3=NC(=C4C)C=C3N=C(C=C4N=C(C=C(N2)C1C)C(C)=C4C(C)OCCCCCC)C(C)=C3CC. The van der Waals surface area contributed by atoms with Crippen LogP contribution in [0.2, 0.25) is 0 Å². The van der Waals surface area contributed by atoms with Gasteiger partial charge in [-0.05, 0) is 100 Å². The van der Waals surface area contributed by atoms with E-state index in [1.54, 1.807) is 6.92 Å². The van der Waals surface area contributed by atoms with E-state index >= 15 is 0 Å². The number of aliphatic imine (C=N–C) groups is 3. The lowest BCUT2D eigenvalue weighted by atomic mass is 9.86. The highest BCUT2D eigenvalue weighted by Gasteiger charge is 2.42. The summed E-state index contributed by atoms with van der Waals surface area (Å²) in [5.41, 5.74) is 13.3. The molecule has 0 radical (unpaired) electrons. The summed E-state index contributed by atoms with van der Waals surface area (Å²) in [7, 11) is -4.47. The Kier molecular flexibility index (Phi) is 24.0. The minimum absolute atomic E-state index is 0.00521. The molecule has 8 bridgehead atoms. The van der Waals surface area contributed by atoms with Gasteiger partial charge in [0.1, 0.15) is 12.4 Å². The lowest BCUT2D eigenvalue weighted by Gasteiger charge is -2.21. The molecule has 0 aromatic rings. The molecule has 0 spiro atoms. The van der Waals surface area contributed by atoms with Gasteiger partial charge in [-0.25, -0.2) is 19.5 Å². The van der Waals surface area contributed by atoms with Crippen LogP contribution in [0.3, 0.4) is 0 Å². The average Bonchev–Trinajstić information content (AvgIpc) is 4.20. The van der Waals surface area contributed by atoms with Crippen LogP contribution in [0.4, 0.5) is 0 Å². The predicted octanol–water partition coefficient (Wildman–Crippen LogP) is 14.9. The number of allylic oxidation sites excluding steroid dienone is 11. The number of aliphatic hydroxyl groups excluding tert-OH is 1. The maximum Gasteiger partial charge on any atom is 0.472 e. The Labute approximate surface area is 454 Å². The second kappa shape index (κ2) is 30.1. The predicted molar refractivity (Wildman–Crippen MR) is 304 cm³/mol. The molecule has 0 amide bonds. The number of fused-ring (bicyclic) bond motifs is 5. The zero-order chi connectivity index (χ0) is 54.8. The molecule has 5 unspecified atom stereocenters. The first-order valence-corrected chi connectivity index (χ1v) is 30.7. The Morgan fingerprint density at radius 1 is 0.724 bits per heavy atom. The third-order valence-corrected chi connectivity index (χ3v) is 16.6. The fraction of sp³-hybridized carbons (Fsp3) is 0.656. The first kappa shape index (κ1) is 60.8. The Balaban J connectivity index is 1.19. The molecule has 6 rings (SSSR count). The first-order chi connectivity index (χ1) is 36.6. The van der Waals surface area contributed by atoms with E-state index in [0.717, 1.165) is 124 Å². The maximum absolute atomic E-state index is 14.0. The number of hydrogen-bond acceptors (Lipinski definition) is 13. The van der Waals surface area contributed by atoms with Gasteiger partial charge in [-0.2, -0.15) is 0 Å². The summed E-state index contributed by atoms with van der Waals surface area (Å²) >= 11 is 0. The molecule has 5 atom stereocenters. The summed E-state index contributed by atoms with van der Waals surface area (Å²) in [6.45, 7) is 18.6. The molecular formula is C61H91N4O10P. The molecule has 0 saturated carbocycles. The van der Waals surface area contributed by atoms with Gasteiger partial charge in [0.05, 0.1) is 53.5 Å². The van der Waals surface area contributed by atoms with Crippen molar-refractivity contribution in [1.29, 1.82) is 0 Å². The number of ether oxygens (including phenoxy) is 3. The number of nitrogens with zero attached hydrogens (tertiary/aromatic N) is 3. The minimum atomic E-state index is -4.47. The molecule has 5 heterocycles. The number of carbonyl (C=O) groups excluding carboxylic acids is 2. The normalized spacial score (nSPS) is 20.7. The Bertz CT molecular complexity index is 2500. The Hall–Kier alpha value is -4.46. The van der Waals surface area contributed by atoms with Crippen LogP contribution in [0.25, 0.3) is 0 Å². The molecular weight excluding hydrogens is 980 g/mol. The van der Waals surface area contributed by atoms with E-state index < -0.39 is 32.5 Å². The van der Waals surface area contributed by atoms with E-state index in [0.29, 0.717) is 31.6 Å². The van der Waals surface area contributed by atoms with Crippen molar-refractivity contribution in [2.45, 2.75) is 222 Å². The third-order valence-electron chi connectivity index (χ3n) is 15.6. The zero-order valence-electron chi connectivity index (χ0n) is 47.6. The van der Waals surface area contributed by atoms with Crippen molar-refractivity contribution in [2.75, 3.05) is 26.4 Å². The van der Waals surface area contributed by atoms with Gasteiger partial charge in [0.15, 0.2) is 6.10 Å². The first-order valence-electron chi connectivity index (χ1n) is 29.2. The summed E-state index contributed by atoms with van der Waals surface area (Å²) in [4.78, 5) is 53.0. The number of hydrogen-bond donors (Lipinski definition) is 3. The third kappa shape index (κ3) is 16.5. The van der Waals surface area contributed by atoms with Crippen LogP contribution in [0, 0.1) is 11.8 Å². The molecule has 76 heavy (non-hydrogen) atoms. The lowest BCUT2D eigenvalue weighted by molar-refractivity contribution is -0.161. The van der Waals surface area contributed by atoms with Crippen LogP contribution >= 0.6 is 7.82 Å². The molecule has 0 aromatic heterocycles. The van der Waals surface area contributed by atoms with Gasteiger partial charge in [0.2, 0.25) is 0 Å². The maximum atomic E-state index is 14.0. The number of phosphoric ester groups is 1. The fourth-order valence-corrected chi connectivity index (χ4v) is 12.0. The van der Waals surface area contributed by atoms with Gasteiger partial charge in [-0.1, -0.05) is 131 Å². The monoisotopic (exact) mass is 1070 g/mol. The van der Waals surface area contributed by atoms with Crippen molar-refractivity contribution in [1.82, 2.24) is 5.32 Å². The number of carbonyl (C=O) groups is 2. The van der Waals surface area contributed by atoms with Crippen LogP contribution in [0.5, 0.6) is 0 Å². The molecule has 1 fully saturated rings. The number of unbranched alkanes of at least 4 members (excludes halogenated alkanes) is 15. The van der Waals surface area contributed by atoms with E-state index in [2.05, 4.69) is 65.9 Å². The van der Waals surface area contributed by atoms with E-state index in [1.165, 1.54) is 64.2 Å². The van der Waals surface area contributed by atoms with Crippen LogP contribution in [-0.4, -0.2) is 77.7 Å². The molecule has 14 nitrogen and oxygen atoms in total. The second-order valence-corrected chi connectivity index (χ2v) is 23.0. The Morgan fingerprint density at radius 2 is 1.36 bits per heavy atom. The van der Waals surface area contributed by atoms with E-state index in [1.807, 2.05) is 13.0 Å². The van der Waals surface area contributed by atoms with Crippen molar-refractivity contribution < 1.29 is 47.4 Å². The highest BCUT2D eigenvalue weighted by molar-refractivity contribution is 7.47. The van der Waals surface area contributed by atoms with E-state index in [4.69, 9.17) is 38.2 Å². The largest absolute Gasteiger partial charge is 0.511 e. The lowest BCUT2D eigenvalue weighted by Crippen LogP contribution is -2.30. The van der Waals surface area contributed by atoms with Gasteiger partial charge in [-0.3, -0.25) is 18.6 Å². The fourth-order valence-electron chi connectivity index (χ4n) is 11.1. The molecule has 1 aliphatic carbocycles. The molecule has 420 valence electrons. The molecule has 0 aromatic carbocycles. The van der Waals surface area contributed by atoms with Crippen LogP contribution in [0.15, 0.2) is 106 Å². The summed E-state index contributed by atoms with van der Waals surface area (Å²) in [6, 6.07) is 0. The number of aliphatic hydroxyl groups is 1. The van der Waals surface area contributed by atoms with Gasteiger partial charge in [0, 0.05) is 65.8 Å². The summed E-state index contributed by atoms with van der Waals surface area (Å²) in [5.74, 6) is -1.14. The quantitative estimate of drug-likeness (QED) is 0.0316.